The molecule has 1 saturated carbocycles. The number of rotatable bonds is 8. The maximum absolute atomic E-state index is 6.01. The number of ether oxygens (including phenoxy) is 2. The maximum Gasteiger partial charge on any atom is 0.191 e. The van der Waals surface area contributed by atoms with Crippen molar-refractivity contribution < 1.29 is 9.47 Å². The molecule has 4 rings (SSSR count). The lowest BCUT2D eigenvalue weighted by Crippen LogP contribution is -2.46. The van der Waals surface area contributed by atoms with E-state index < -0.39 is 0 Å². The van der Waals surface area contributed by atoms with Gasteiger partial charge >= 0.3 is 0 Å². The van der Waals surface area contributed by atoms with Crippen molar-refractivity contribution in [3.63, 3.8) is 0 Å². The second-order valence-electron chi connectivity index (χ2n) is 7.73. The van der Waals surface area contributed by atoms with E-state index in [1.165, 1.54) is 12.8 Å². The van der Waals surface area contributed by atoms with Crippen molar-refractivity contribution in [3.8, 4) is 5.75 Å². The summed E-state index contributed by atoms with van der Waals surface area (Å²) >= 11 is 0. The van der Waals surface area contributed by atoms with E-state index >= 15 is 0 Å². The normalized spacial score (nSPS) is 19.0. The number of methoxy groups -OCH3 is 1. The van der Waals surface area contributed by atoms with E-state index in [0.29, 0.717) is 13.2 Å². The summed E-state index contributed by atoms with van der Waals surface area (Å²) < 4.78 is 13.1. The third-order valence-electron chi connectivity index (χ3n) is 5.33. The zero-order chi connectivity index (χ0) is 20.1. The molecule has 1 unspecified atom stereocenters. The largest absolute Gasteiger partial charge is 0.493 e. The zero-order valence-corrected chi connectivity index (χ0v) is 17.2. The van der Waals surface area contributed by atoms with Crippen molar-refractivity contribution in [2.45, 2.75) is 51.4 Å². The number of hydrogen-bond acceptors (Lipinski definition) is 5. The Balaban J connectivity index is 1.31. The lowest BCUT2D eigenvalue weighted by Gasteiger charge is -2.25. The Hall–Kier alpha value is -2.61. The van der Waals surface area contributed by atoms with Gasteiger partial charge in [0.1, 0.15) is 18.2 Å². The van der Waals surface area contributed by atoms with Gasteiger partial charge in [-0.3, -0.25) is 4.99 Å². The second kappa shape index (κ2) is 9.26. The highest BCUT2D eigenvalue weighted by Gasteiger charge is 2.23. The van der Waals surface area contributed by atoms with E-state index in [9.17, 15) is 0 Å². The van der Waals surface area contributed by atoms with Crippen LogP contribution in [0.15, 0.2) is 29.3 Å². The number of aromatic nitrogens is 3. The van der Waals surface area contributed by atoms with Crippen LogP contribution in [-0.4, -0.2) is 47.5 Å². The number of guanidine groups is 1. The standard InChI is InChI=1S/C21H30N6O2/c1-22-21(23-11-16-5-3-4-6-18(16)29-13-15-7-8-15)24-17-9-10-20-25-19(14-28-2)26-27(20)12-17/h3-6,15,17H,7-14H2,1-2H3,(H2,22,23,24). The van der Waals surface area contributed by atoms with Crippen molar-refractivity contribution in [3.05, 3.63) is 41.5 Å². The summed E-state index contributed by atoms with van der Waals surface area (Å²) in [4.78, 5) is 8.92. The Labute approximate surface area is 171 Å². The first-order chi connectivity index (χ1) is 14.2. The van der Waals surface area contributed by atoms with Crippen LogP contribution in [0.25, 0.3) is 0 Å². The van der Waals surface area contributed by atoms with Gasteiger partial charge in [-0.25, -0.2) is 9.67 Å². The molecule has 156 valence electrons. The van der Waals surface area contributed by atoms with Crippen LogP contribution in [0.2, 0.25) is 0 Å². The summed E-state index contributed by atoms with van der Waals surface area (Å²) in [5, 5.41) is 11.5. The summed E-state index contributed by atoms with van der Waals surface area (Å²) in [6.45, 7) is 2.70. The molecule has 8 heteroatoms. The summed E-state index contributed by atoms with van der Waals surface area (Å²) in [6.07, 6.45) is 4.47. The Morgan fingerprint density at radius 3 is 2.93 bits per heavy atom. The number of aryl methyl sites for hydroxylation is 1. The van der Waals surface area contributed by atoms with Gasteiger partial charge in [-0.2, -0.15) is 5.10 Å². The molecule has 2 aromatic rings. The third kappa shape index (κ3) is 5.26. The summed E-state index contributed by atoms with van der Waals surface area (Å²) in [7, 11) is 3.46. The average molecular weight is 399 g/mol. The molecule has 2 N–H and O–H groups in total. The van der Waals surface area contributed by atoms with E-state index in [0.717, 1.165) is 60.8 Å². The van der Waals surface area contributed by atoms with Gasteiger partial charge in [-0.05, 0) is 31.2 Å². The predicted molar refractivity (Wildman–Crippen MR) is 111 cm³/mol. The molecule has 2 aliphatic rings. The molecule has 1 fully saturated rings. The van der Waals surface area contributed by atoms with Crippen LogP contribution in [0.3, 0.4) is 0 Å². The summed E-state index contributed by atoms with van der Waals surface area (Å²) in [6, 6.07) is 8.46. The minimum Gasteiger partial charge on any atom is -0.493 e. The molecule has 1 aliphatic heterocycles. The highest BCUT2D eigenvalue weighted by atomic mass is 16.5. The SMILES string of the molecule is CN=C(NCc1ccccc1OCC1CC1)NC1CCc2nc(COC)nn2C1. The Bertz CT molecular complexity index is 845. The van der Waals surface area contributed by atoms with Crippen LogP contribution in [0.4, 0.5) is 0 Å². The van der Waals surface area contributed by atoms with Crippen molar-refractivity contribution >= 4 is 5.96 Å². The fourth-order valence-corrected chi connectivity index (χ4v) is 3.52. The first kappa shape index (κ1) is 19.7. The smallest absolute Gasteiger partial charge is 0.191 e. The number of fused-ring (bicyclic) bond motifs is 1. The van der Waals surface area contributed by atoms with Crippen molar-refractivity contribution in [1.29, 1.82) is 0 Å². The number of nitrogens with zero attached hydrogens (tertiary/aromatic N) is 4. The molecule has 0 radical (unpaired) electrons. The summed E-state index contributed by atoms with van der Waals surface area (Å²) in [5.41, 5.74) is 1.14. The highest BCUT2D eigenvalue weighted by Crippen LogP contribution is 2.30. The monoisotopic (exact) mass is 398 g/mol. The highest BCUT2D eigenvalue weighted by molar-refractivity contribution is 5.80. The van der Waals surface area contributed by atoms with E-state index in [1.807, 2.05) is 22.9 Å². The molecule has 0 spiro atoms. The molecule has 1 aromatic carbocycles. The van der Waals surface area contributed by atoms with E-state index in [4.69, 9.17) is 9.47 Å². The second-order valence-corrected chi connectivity index (χ2v) is 7.73. The van der Waals surface area contributed by atoms with Crippen LogP contribution >= 0.6 is 0 Å². The summed E-state index contributed by atoms with van der Waals surface area (Å²) in [5.74, 6) is 4.25. The predicted octanol–water partition coefficient (Wildman–Crippen LogP) is 1.89. The van der Waals surface area contributed by atoms with Crippen LogP contribution < -0.4 is 15.4 Å². The molecule has 1 aromatic heterocycles. The fraction of sp³-hybridized carbons (Fsp3) is 0.571. The lowest BCUT2D eigenvalue weighted by molar-refractivity contribution is 0.177. The van der Waals surface area contributed by atoms with Gasteiger partial charge in [0.05, 0.1) is 13.2 Å². The van der Waals surface area contributed by atoms with Crippen molar-refractivity contribution in [2.75, 3.05) is 20.8 Å². The molecule has 0 saturated heterocycles. The van der Waals surface area contributed by atoms with Crippen LogP contribution in [0.1, 0.15) is 36.5 Å². The minimum atomic E-state index is 0.257. The Kier molecular flexibility index (Phi) is 6.29. The topological polar surface area (TPSA) is 85.6 Å². The van der Waals surface area contributed by atoms with Crippen molar-refractivity contribution in [1.82, 2.24) is 25.4 Å². The molecule has 1 aliphatic carbocycles. The van der Waals surface area contributed by atoms with Gasteiger partial charge in [-0.1, -0.05) is 18.2 Å². The van der Waals surface area contributed by atoms with Gasteiger partial charge in [0.15, 0.2) is 11.8 Å². The van der Waals surface area contributed by atoms with E-state index in [2.05, 4.69) is 31.8 Å². The van der Waals surface area contributed by atoms with E-state index in [-0.39, 0.29) is 6.04 Å². The van der Waals surface area contributed by atoms with Crippen LogP contribution in [0, 0.1) is 5.92 Å². The molecule has 0 amide bonds. The number of hydrogen-bond donors (Lipinski definition) is 2. The number of para-hydroxylation sites is 1. The zero-order valence-electron chi connectivity index (χ0n) is 17.2. The maximum atomic E-state index is 6.01. The number of aliphatic imine (C=N–C) groups is 1. The lowest BCUT2D eigenvalue weighted by atomic mass is 10.1. The molecule has 8 nitrogen and oxygen atoms in total. The number of benzene rings is 1. The molecule has 29 heavy (non-hydrogen) atoms. The molecular weight excluding hydrogens is 368 g/mol. The van der Waals surface area contributed by atoms with Crippen molar-refractivity contribution in [2.24, 2.45) is 10.9 Å². The minimum absolute atomic E-state index is 0.257. The van der Waals surface area contributed by atoms with Gasteiger partial charge in [0, 0.05) is 38.7 Å². The number of nitrogens with one attached hydrogen (secondary N) is 2. The Morgan fingerprint density at radius 1 is 1.28 bits per heavy atom. The first-order valence-corrected chi connectivity index (χ1v) is 10.3. The quantitative estimate of drug-likeness (QED) is 0.522. The van der Waals surface area contributed by atoms with Gasteiger partial charge in [0.2, 0.25) is 0 Å². The van der Waals surface area contributed by atoms with E-state index in [1.54, 1.807) is 14.2 Å². The fourth-order valence-electron chi connectivity index (χ4n) is 3.52. The third-order valence-corrected chi connectivity index (χ3v) is 5.33. The van der Waals surface area contributed by atoms with Gasteiger partial charge in [0.25, 0.3) is 0 Å². The van der Waals surface area contributed by atoms with Gasteiger partial charge < -0.3 is 20.1 Å². The average Bonchev–Trinajstić information content (AvgIpc) is 3.48. The Morgan fingerprint density at radius 2 is 2.14 bits per heavy atom. The molecule has 2 heterocycles. The van der Waals surface area contributed by atoms with Crippen LogP contribution in [-0.2, 0) is 30.9 Å². The molecule has 0 bridgehead atoms. The van der Waals surface area contributed by atoms with Gasteiger partial charge in [-0.15, -0.1) is 0 Å². The molecular formula is C21H30N6O2. The first-order valence-electron chi connectivity index (χ1n) is 10.3. The molecule has 1 atom stereocenters. The van der Waals surface area contributed by atoms with Crippen LogP contribution in [0.5, 0.6) is 5.75 Å².